The molecule has 0 aromatic carbocycles. The first-order chi connectivity index (χ1) is 7.79. The molecule has 2 heterocycles. The van der Waals surface area contributed by atoms with Gasteiger partial charge in [-0.2, -0.15) is 0 Å². The molecule has 0 aliphatic carbocycles. The molecule has 0 fully saturated rings. The molecular formula is C10H10N2O2S2. The van der Waals surface area contributed by atoms with E-state index >= 15 is 0 Å². The van der Waals surface area contributed by atoms with Crippen molar-refractivity contribution < 1.29 is 9.21 Å². The van der Waals surface area contributed by atoms with Crippen LogP contribution in [0, 0.1) is 0 Å². The van der Waals surface area contributed by atoms with Gasteiger partial charge in [-0.15, -0.1) is 21.5 Å². The van der Waals surface area contributed by atoms with E-state index in [1.807, 2.05) is 24.4 Å². The Morgan fingerprint density at radius 2 is 2.44 bits per heavy atom. The summed E-state index contributed by atoms with van der Waals surface area (Å²) in [6.45, 7) is 1.94. The molecular weight excluding hydrogens is 244 g/mol. The highest BCUT2D eigenvalue weighted by Gasteiger charge is 2.10. The number of aryl methyl sites for hydroxylation is 1. The minimum atomic E-state index is 0.0937. The highest BCUT2D eigenvalue weighted by Crippen LogP contribution is 2.19. The molecule has 16 heavy (non-hydrogen) atoms. The SMILES string of the molecule is CCc1nnc(SCC(=O)c2cccs2)o1. The van der Waals surface area contributed by atoms with Crippen molar-refractivity contribution >= 4 is 28.9 Å². The summed E-state index contributed by atoms with van der Waals surface area (Å²) in [6.07, 6.45) is 0.715. The molecule has 0 aliphatic heterocycles. The number of carbonyl (C=O) groups excluding carboxylic acids is 1. The molecule has 0 amide bonds. The number of thiophene rings is 1. The van der Waals surface area contributed by atoms with Gasteiger partial charge < -0.3 is 4.42 Å². The summed E-state index contributed by atoms with van der Waals surface area (Å²) in [6, 6.07) is 3.68. The zero-order valence-electron chi connectivity index (χ0n) is 8.67. The Balaban J connectivity index is 1.90. The molecule has 0 radical (unpaired) electrons. The number of thioether (sulfide) groups is 1. The van der Waals surface area contributed by atoms with Crippen molar-refractivity contribution in [1.82, 2.24) is 10.2 Å². The van der Waals surface area contributed by atoms with Crippen molar-refractivity contribution in [3.8, 4) is 0 Å². The monoisotopic (exact) mass is 254 g/mol. The van der Waals surface area contributed by atoms with Gasteiger partial charge in [-0.05, 0) is 11.4 Å². The van der Waals surface area contributed by atoms with Crippen LogP contribution in [0.4, 0.5) is 0 Å². The minimum absolute atomic E-state index is 0.0937. The highest BCUT2D eigenvalue weighted by atomic mass is 32.2. The fourth-order valence-electron chi connectivity index (χ4n) is 1.08. The summed E-state index contributed by atoms with van der Waals surface area (Å²) in [5.41, 5.74) is 0. The van der Waals surface area contributed by atoms with E-state index in [9.17, 15) is 4.79 Å². The summed E-state index contributed by atoms with van der Waals surface area (Å²) in [5.74, 6) is 1.04. The van der Waals surface area contributed by atoms with E-state index < -0.39 is 0 Å². The molecule has 2 aromatic rings. The lowest BCUT2D eigenvalue weighted by Crippen LogP contribution is -1.98. The van der Waals surface area contributed by atoms with Crippen LogP contribution in [0.2, 0.25) is 0 Å². The van der Waals surface area contributed by atoms with Crippen LogP contribution in [-0.4, -0.2) is 21.7 Å². The third-order valence-corrected chi connectivity index (χ3v) is 3.60. The van der Waals surface area contributed by atoms with Crippen LogP contribution in [0.1, 0.15) is 22.5 Å². The molecule has 84 valence electrons. The standard InChI is InChI=1S/C10H10N2O2S2/c1-2-9-11-12-10(14-9)16-6-7(13)8-4-3-5-15-8/h3-5H,2,6H2,1H3. The average Bonchev–Trinajstić information content (AvgIpc) is 2.96. The van der Waals surface area contributed by atoms with Gasteiger partial charge in [-0.3, -0.25) is 4.79 Å². The molecule has 2 rings (SSSR count). The Morgan fingerprint density at radius 1 is 1.56 bits per heavy atom. The second-order valence-corrected chi connectivity index (χ2v) is 4.88. The van der Waals surface area contributed by atoms with Crippen molar-refractivity contribution in [1.29, 1.82) is 0 Å². The normalized spacial score (nSPS) is 10.6. The van der Waals surface area contributed by atoms with E-state index in [2.05, 4.69) is 10.2 Å². The Hall–Kier alpha value is -1.14. The molecule has 0 unspecified atom stereocenters. The predicted molar refractivity (Wildman–Crippen MR) is 63.0 cm³/mol. The number of nitrogens with zero attached hydrogens (tertiary/aromatic N) is 2. The van der Waals surface area contributed by atoms with E-state index in [-0.39, 0.29) is 5.78 Å². The smallest absolute Gasteiger partial charge is 0.277 e. The second-order valence-electron chi connectivity index (χ2n) is 3.00. The summed E-state index contributed by atoms with van der Waals surface area (Å²) in [7, 11) is 0. The third-order valence-electron chi connectivity index (χ3n) is 1.87. The lowest BCUT2D eigenvalue weighted by Gasteiger charge is -1.93. The number of rotatable bonds is 5. The Kier molecular flexibility index (Phi) is 3.74. The van der Waals surface area contributed by atoms with Gasteiger partial charge in [-0.1, -0.05) is 24.8 Å². The lowest BCUT2D eigenvalue weighted by molar-refractivity contribution is 0.102. The van der Waals surface area contributed by atoms with E-state index in [4.69, 9.17) is 4.42 Å². The van der Waals surface area contributed by atoms with Crippen LogP contribution in [0.25, 0.3) is 0 Å². The Labute approximate surface area is 101 Å². The fraction of sp³-hybridized carbons (Fsp3) is 0.300. The summed E-state index contributed by atoms with van der Waals surface area (Å²) >= 11 is 2.73. The zero-order chi connectivity index (χ0) is 11.4. The van der Waals surface area contributed by atoms with Crippen molar-refractivity contribution in [3.63, 3.8) is 0 Å². The van der Waals surface area contributed by atoms with Gasteiger partial charge in [0.2, 0.25) is 5.89 Å². The average molecular weight is 254 g/mol. The number of hydrogen-bond acceptors (Lipinski definition) is 6. The molecule has 0 atom stereocenters. The number of carbonyl (C=O) groups is 1. The zero-order valence-corrected chi connectivity index (χ0v) is 10.3. The maximum atomic E-state index is 11.7. The first-order valence-electron chi connectivity index (χ1n) is 4.81. The first kappa shape index (κ1) is 11.3. The van der Waals surface area contributed by atoms with Gasteiger partial charge >= 0.3 is 0 Å². The Morgan fingerprint density at radius 3 is 3.06 bits per heavy atom. The minimum Gasteiger partial charge on any atom is -0.416 e. The fourth-order valence-corrected chi connectivity index (χ4v) is 2.49. The first-order valence-corrected chi connectivity index (χ1v) is 6.68. The van der Waals surface area contributed by atoms with Crippen LogP contribution in [0.3, 0.4) is 0 Å². The van der Waals surface area contributed by atoms with Crippen molar-refractivity contribution in [2.75, 3.05) is 5.75 Å². The highest BCUT2D eigenvalue weighted by molar-refractivity contribution is 7.99. The summed E-state index contributed by atoms with van der Waals surface area (Å²) in [4.78, 5) is 12.4. The van der Waals surface area contributed by atoms with E-state index in [1.54, 1.807) is 0 Å². The molecule has 4 nitrogen and oxygen atoms in total. The van der Waals surface area contributed by atoms with Gasteiger partial charge in [0.1, 0.15) is 0 Å². The lowest BCUT2D eigenvalue weighted by atomic mass is 10.4. The van der Waals surface area contributed by atoms with Crippen LogP contribution < -0.4 is 0 Å². The van der Waals surface area contributed by atoms with Crippen molar-refractivity contribution in [2.24, 2.45) is 0 Å². The Bertz CT molecular complexity index is 465. The van der Waals surface area contributed by atoms with Gasteiger partial charge in [0.25, 0.3) is 5.22 Å². The summed E-state index contributed by atoms with van der Waals surface area (Å²) in [5, 5.41) is 10.0. The van der Waals surface area contributed by atoms with Gasteiger partial charge in [0, 0.05) is 6.42 Å². The second kappa shape index (κ2) is 5.27. The predicted octanol–water partition coefficient (Wildman–Crippen LogP) is 2.67. The van der Waals surface area contributed by atoms with Crippen LogP contribution in [0.5, 0.6) is 0 Å². The van der Waals surface area contributed by atoms with E-state index in [1.165, 1.54) is 23.1 Å². The van der Waals surface area contributed by atoms with Crippen molar-refractivity contribution in [3.05, 3.63) is 28.3 Å². The molecule has 0 saturated heterocycles. The molecule has 0 bridgehead atoms. The van der Waals surface area contributed by atoms with E-state index in [0.29, 0.717) is 23.3 Å². The van der Waals surface area contributed by atoms with Crippen LogP contribution >= 0.6 is 23.1 Å². The van der Waals surface area contributed by atoms with Gasteiger partial charge in [0.05, 0.1) is 10.6 Å². The molecule has 6 heteroatoms. The number of Topliss-reactive ketones (excluding diaryl/α,β-unsaturated/α-hetero) is 1. The third kappa shape index (κ3) is 2.70. The maximum absolute atomic E-state index is 11.7. The number of aromatic nitrogens is 2. The maximum Gasteiger partial charge on any atom is 0.277 e. The quantitative estimate of drug-likeness (QED) is 0.606. The van der Waals surface area contributed by atoms with Crippen LogP contribution in [-0.2, 0) is 6.42 Å². The van der Waals surface area contributed by atoms with Gasteiger partial charge in [0.15, 0.2) is 5.78 Å². The number of hydrogen-bond donors (Lipinski definition) is 0. The topological polar surface area (TPSA) is 56.0 Å². The van der Waals surface area contributed by atoms with E-state index in [0.717, 1.165) is 4.88 Å². The van der Waals surface area contributed by atoms with Crippen molar-refractivity contribution in [2.45, 2.75) is 18.6 Å². The molecule has 0 saturated carbocycles. The molecule has 0 aliphatic rings. The number of ketones is 1. The summed E-state index contributed by atoms with van der Waals surface area (Å²) < 4.78 is 5.29. The molecule has 0 spiro atoms. The molecule has 0 N–H and O–H groups in total. The molecule has 2 aromatic heterocycles. The largest absolute Gasteiger partial charge is 0.416 e. The van der Waals surface area contributed by atoms with Gasteiger partial charge in [-0.25, -0.2) is 0 Å². The van der Waals surface area contributed by atoms with Crippen LogP contribution in [0.15, 0.2) is 27.2 Å².